The summed E-state index contributed by atoms with van der Waals surface area (Å²) in [6, 6.07) is 8.58. The third kappa shape index (κ3) is 2.37. The molecular formula is C16H19NO2. The molecule has 0 bridgehead atoms. The van der Waals surface area contributed by atoms with Crippen LogP contribution >= 0.6 is 0 Å². The van der Waals surface area contributed by atoms with Crippen LogP contribution in [0, 0.1) is 5.92 Å². The third-order valence-electron chi connectivity index (χ3n) is 4.16. The molecule has 1 heterocycles. The highest BCUT2D eigenvalue weighted by atomic mass is 16.4. The second-order valence-corrected chi connectivity index (χ2v) is 5.45. The van der Waals surface area contributed by atoms with E-state index >= 15 is 0 Å². The van der Waals surface area contributed by atoms with Crippen molar-refractivity contribution in [3.05, 3.63) is 42.0 Å². The van der Waals surface area contributed by atoms with Crippen molar-refractivity contribution in [3.8, 4) is 0 Å². The van der Waals surface area contributed by atoms with Crippen LogP contribution in [0.5, 0.6) is 0 Å². The van der Waals surface area contributed by atoms with Crippen LogP contribution in [-0.2, 0) is 11.2 Å². The van der Waals surface area contributed by atoms with Crippen molar-refractivity contribution < 1.29 is 9.90 Å². The number of hydrogen-bond donors (Lipinski definition) is 1. The molecular weight excluding hydrogens is 238 g/mol. The molecule has 0 radical (unpaired) electrons. The summed E-state index contributed by atoms with van der Waals surface area (Å²) in [4.78, 5) is 13.6. The molecule has 3 heteroatoms. The number of aliphatic carboxylic acids is 1. The molecule has 1 aromatic rings. The topological polar surface area (TPSA) is 40.5 Å². The summed E-state index contributed by atoms with van der Waals surface area (Å²) < 4.78 is 0. The minimum Gasteiger partial charge on any atom is -0.481 e. The molecule has 0 saturated heterocycles. The third-order valence-corrected chi connectivity index (χ3v) is 4.16. The van der Waals surface area contributed by atoms with Crippen molar-refractivity contribution in [2.45, 2.75) is 31.7 Å². The molecule has 1 N–H and O–H groups in total. The molecule has 2 aliphatic rings. The fraction of sp³-hybridized carbons (Fsp3) is 0.438. The average Bonchev–Trinajstić information content (AvgIpc) is 2.47. The Balaban J connectivity index is 1.95. The molecule has 0 amide bonds. The Morgan fingerprint density at radius 2 is 2.16 bits per heavy atom. The Bertz CT molecular complexity index is 509. The quantitative estimate of drug-likeness (QED) is 0.828. The fourth-order valence-corrected chi connectivity index (χ4v) is 3.16. The predicted molar refractivity (Wildman–Crippen MR) is 75.4 cm³/mol. The molecule has 0 fully saturated rings. The molecule has 3 nitrogen and oxygen atoms in total. The normalized spacial score (nSPS) is 26.0. The zero-order chi connectivity index (χ0) is 13.2. The van der Waals surface area contributed by atoms with E-state index < -0.39 is 5.97 Å². The molecule has 19 heavy (non-hydrogen) atoms. The van der Waals surface area contributed by atoms with Crippen molar-refractivity contribution >= 4 is 11.7 Å². The van der Waals surface area contributed by atoms with Crippen LogP contribution in [0.15, 0.2) is 36.4 Å². The first-order chi connectivity index (χ1) is 9.25. The standard InChI is InChI=1S/C16H19NO2/c18-16(19)13-10-12-6-4-5-9-15(12)17(11-13)14-7-2-1-3-8-14/h2,4-7,9,13-14H,1,3,8,10-11H2,(H,18,19). The molecule has 1 aliphatic carbocycles. The molecule has 2 unspecified atom stereocenters. The number of carboxylic acids is 1. The van der Waals surface area contributed by atoms with E-state index in [1.807, 2.05) is 12.1 Å². The lowest BCUT2D eigenvalue weighted by Gasteiger charge is -2.40. The Labute approximate surface area is 113 Å². The van der Waals surface area contributed by atoms with E-state index in [-0.39, 0.29) is 5.92 Å². The number of allylic oxidation sites excluding steroid dienone is 1. The van der Waals surface area contributed by atoms with Crippen LogP contribution in [0.2, 0.25) is 0 Å². The Morgan fingerprint density at radius 3 is 2.89 bits per heavy atom. The number of carboxylic acid groups (broad SMARTS) is 1. The smallest absolute Gasteiger partial charge is 0.308 e. The maximum atomic E-state index is 11.3. The van der Waals surface area contributed by atoms with Gasteiger partial charge >= 0.3 is 5.97 Å². The predicted octanol–water partition coefficient (Wildman–Crippen LogP) is 2.86. The van der Waals surface area contributed by atoms with Crippen LogP contribution in [0.4, 0.5) is 5.69 Å². The molecule has 100 valence electrons. The van der Waals surface area contributed by atoms with E-state index in [4.69, 9.17) is 0 Å². The van der Waals surface area contributed by atoms with Crippen molar-refractivity contribution in [2.24, 2.45) is 5.92 Å². The van der Waals surface area contributed by atoms with Crippen LogP contribution in [-0.4, -0.2) is 23.7 Å². The average molecular weight is 257 g/mol. The first-order valence-electron chi connectivity index (χ1n) is 7.00. The number of rotatable bonds is 2. The SMILES string of the molecule is O=C(O)C1Cc2ccccc2N(C2C=CCCC2)C1. The summed E-state index contributed by atoms with van der Waals surface area (Å²) in [7, 11) is 0. The van der Waals surface area contributed by atoms with Gasteiger partial charge in [0.05, 0.1) is 5.92 Å². The van der Waals surface area contributed by atoms with Gasteiger partial charge in [-0.25, -0.2) is 0 Å². The Morgan fingerprint density at radius 1 is 1.32 bits per heavy atom. The van der Waals surface area contributed by atoms with Gasteiger partial charge in [0.2, 0.25) is 0 Å². The van der Waals surface area contributed by atoms with Gasteiger partial charge in [0.25, 0.3) is 0 Å². The van der Waals surface area contributed by atoms with Gasteiger partial charge in [-0.1, -0.05) is 30.4 Å². The lowest BCUT2D eigenvalue weighted by Crippen LogP contribution is -2.44. The van der Waals surface area contributed by atoms with E-state index in [1.165, 1.54) is 17.7 Å². The van der Waals surface area contributed by atoms with Gasteiger partial charge in [-0.15, -0.1) is 0 Å². The maximum absolute atomic E-state index is 11.3. The summed E-state index contributed by atoms with van der Waals surface area (Å²) in [5.41, 5.74) is 2.39. The Hall–Kier alpha value is -1.77. The number of fused-ring (bicyclic) bond motifs is 1. The monoisotopic (exact) mass is 257 g/mol. The summed E-state index contributed by atoms with van der Waals surface area (Å²) in [5, 5.41) is 9.34. The van der Waals surface area contributed by atoms with Crippen molar-refractivity contribution in [2.75, 3.05) is 11.4 Å². The molecule has 2 atom stereocenters. The maximum Gasteiger partial charge on any atom is 0.308 e. The van der Waals surface area contributed by atoms with Crippen molar-refractivity contribution in [3.63, 3.8) is 0 Å². The zero-order valence-corrected chi connectivity index (χ0v) is 11.0. The van der Waals surface area contributed by atoms with Gasteiger partial charge in [-0.3, -0.25) is 4.79 Å². The zero-order valence-electron chi connectivity index (χ0n) is 11.0. The highest BCUT2D eigenvalue weighted by Gasteiger charge is 2.31. The molecule has 0 aromatic heterocycles. The van der Waals surface area contributed by atoms with E-state index in [1.54, 1.807) is 0 Å². The highest BCUT2D eigenvalue weighted by molar-refractivity contribution is 5.74. The van der Waals surface area contributed by atoms with Gasteiger partial charge in [-0.2, -0.15) is 0 Å². The number of benzene rings is 1. The number of carbonyl (C=O) groups is 1. The number of anilines is 1. The summed E-state index contributed by atoms with van der Waals surface area (Å²) in [6.45, 7) is 0.626. The second kappa shape index (κ2) is 5.08. The van der Waals surface area contributed by atoms with E-state index in [0.29, 0.717) is 19.0 Å². The second-order valence-electron chi connectivity index (χ2n) is 5.45. The fourth-order valence-electron chi connectivity index (χ4n) is 3.16. The van der Waals surface area contributed by atoms with E-state index in [2.05, 4.69) is 29.2 Å². The van der Waals surface area contributed by atoms with Crippen LogP contribution < -0.4 is 4.90 Å². The van der Waals surface area contributed by atoms with Gasteiger partial charge < -0.3 is 10.0 Å². The summed E-state index contributed by atoms with van der Waals surface area (Å²) in [5.74, 6) is -0.968. The van der Waals surface area contributed by atoms with Gasteiger partial charge in [0.1, 0.15) is 0 Å². The number of hydrogen-bond acceptors (Lipinski definition) is 2. The first kappa shape index (κ1) is 12.3. The van der Waals surface area contributed by atoms with Crippen LogP contribution in [0.3, 0.4) is 0 Å². The molecule has 1 aromatic carbocycles. The minimum atomic E-state index is -0.681. The van der Waals surface area contributed by atoms with E-state index in [9.17, 15) is 9.90 Å². The Kier molecular flexibility index (Phi) is 3.28. The number of nitrogens with zero attached hydrogens (tertiary/aromatic N) is 1. The summed E-state index contributed by atoms with van der Waals surface area (Å²) >= 11 is 0. The molecule has 3 rings (SSSR count). The van der Waals surface area contributed by atoms with Crippen LogP contribution in [0.1, 0.15) is 24.8 Å². The highest BCUT2D eigenvalue weighted by Crippen LogP contribution is 2.33. The van der Waals surface area contributed by atoms with Gasteiger partial charge in [-0.05, 0) is 37.3 Å². The van der Waals surface area contributed by atoms with Gasteiger partial charge in [0, 0.05) is 18.3 Å². The molecule has 0 spiro atoms. The lowest BCUT2D eigenvalue weighted by molar-refractivity contribution is -0.141. The van der Waals surface area contributed by atoms with E-state index in [0.717, 1.165) is 12.8 Å². The van der Waals surface area contributed by atoms with Crippen molar-refractivity contribution in [1.29, 1.82) is 0 Å². The summed E-state index contributed by atoms with van der Waals surface area (Å²) in [6.07, 6.45) is 8.58. The molecule has 0 saturated carbocycles. The largest absolute Gasteiger partial charge is 0.481 e. The van der Waals surface area contributed by atoms with Crippen molar-refractivity contribution in [1.82, 2.24) is 0 Å². The lowest BCUT2D eigenvalue weighted by atomic mass is 9.89. The first-order valence-corrected chi connectivity index (χ1v) is 7.00. The molecule has 1 aliphatic heterocycles. The number of para-hydroxylation sites is 1. The van der Waals surface area contributed by atoms with Crippen LogP contribution in [0.25, 0.3) is 0 Å². The van der Waals surface area contributed by atoms with Gasteiger partial charge in [0.15, 0.2) is 0 Å². The minimum absolute atomic E-state index is 0.287.